The molecule has 0 unspecified atom stereocenters. The molecule has 1 saturated heterocycles. The van der Waals surface area contributed by atoms with E-state index >= 15 is 0 Å². The monoisotopic (exact) mass is 406 g/mol. The Morgan fingerprint density at radius 3 is 2.72 bits per heavy atom. The van der Waals surface area contributed by atoms with Crippen molar-refractivity contribution in [3.05, 3.63) is 29.8 Å². The van der Waals surface area contributed by atoms with Crippen molar-refractivity contribution in [2.24, 2.45) is 17.1 Å². The number of rotatable bonds is 9. The zero-order valence-corrected chi connectivity index (χ0v) is 18.3. The molecule has 6 nitrogen and oxygen atoms in total. The van der Waals surface area contributed by atoms with Crippen molar-refractivity contribution in [1.82, 2.24) is 5.32 Å². The Morgan fingerprint density at radius 1 is 1.31 bits per heavy atom. The van der Waals surface area contributed by atoms with Gasteiger partial charge in [-0.25, -0.2) is 0 Å². The zero-order chi connectivity index (χ0) is 21.0. The molecule has 5 atom stereocenters. The highest BCUT2D eigenvalue weighted by atomic mass is 16.7. The maximum Gasteiger partial charge on any atom is 0.172 e. The van der Waals surface area contributed by atoms with Gasteiger partial charge in [0.05, 0.1) is 38.0 Å². The summed E-state index contributed by atoms with van der Waals surface area (Å²) in [5, 5.41) is 14.2. The number of benzene rings is 1. The third-order valence-electron chi connectivity index (χ3n) is 5.41. The van der Waals surface area contributed by atoms with Gasteiger partial charge in [-0.15, -0.1) is 0 Å². The lowest BCUT2D eigenvalue weighted by molar-refractivity contribution is -0.200. The second-order valence-electron chi connectivity index (χ2n) is 9.90. The minimum absolute atomic E-state index is 0.0166. The molecule has 1 aromatic carbocycles. The Hall–Kier alpha value is -1.18. The van der Waals surface area contributed by atoms with E-state index in [1.54, 1.807) is 0 Å². The molecule has 29 heavy (non-hydrogen) atoms. The van der Waals surface area contributed by atoms with Crippen LogP contribution in [0.5, 0.6) is 5.75 Å². The average Bonchev–Trinajstić information content (AvgIpc) is 3.49. The standard InChI is InChI=1S/C23H38N2O4/c1-15-22(29-14-23(2,3)4)28-13-20(25-15)21(26)19(24)11-17-6-5-7-18(10-17)27-12-16-8-9-16/h5-7,10,15-16,19-22,25-26H,8-9,11-14,24H2,1-4H3/t15-,19-,20+,21-,22-/m0/s1. The molecule has 0 aromatic heterocycles. The number of aliphatic hydroxyl groups is 1. The highest BCUT2D eigenvalue weighted by molar-refractivity contribution is 5.29. The minimum atomic E-state index is -0.711. The van der Waals surface area contributed by atoms with Gasteiger partial charge in [0, 0.05) is 6.04 Å². The van der Waals surface area contributed by atoms with Crippen LogP contribution in [0.25, 0.3) is 0 Å². The van der Waals surface area contributed by atoms with Crippen LogP contribution in [-0.2, 0) is 15.9 Å². The molecule has 1 aromatic rings. The second kappa shape index (κ2) is 9.75. The highest BCUT2D eigenvalue weighted by Gasteiger charge is 2.35. The fourth-order valence-electron chi connectivity index (χ4n) is 3.48. The summed E-state index contributed by atoms with van der Waals surface area (Å²) >= 11 is 0. The predicted molar refractivity (Wildman–Crippen MR) is 114 cm³/mol. The van der Waals surface area contributed by atoms with Crippen LogP contribution in [0.2, 0.25) is 0 Å². The molecular formula is C23H38N2O4. The van der Waals surface area contributed by atoms with Crippen molar-refractivity contribution < 1.29 is 19.3 Å². The summed E-state index contributed by atoms with van der Waals surface area (Å²) in [5.41, 5.74) is 7.49. The van der Waals surface area contributed by atoms with Gasteiger partial charge in [0.1, 0.15) is 5.75 Å². The summed E-state index contributed by atoms with van der Waals surface area (Å²) in [5.74, 6) is 1.60. The van der Waals surface area contributed by atoms with Crippen molar-refractivity contribution in [1.29, 1.82) is 0 Å². The number of morpholine rings is 1. The van der Waals surface area contributed by atoms with Crippen LogP contribution in [0.3, 0.4) is 0 Å². The van der Waals surface area contributed by atoms with E-state index in [1.807, 2.05) is 31.2 Å². The van der Waals surface area contributed by atoms with Crippen molar-refractivity contribution in [2.45, 2.75) is 77.5 Å². The third-order valence-corrected chi connectivity index (χ3v) is 5.41. The van der Waals surface area contributed by atoms with E-state index in [-0.39, 0.29) is 23.8 Å². The van der Waals surface area contributed by atoms with E-state index in [1.165, 1.54) is 12.8 Å². The molecule has 0 spiro atoms. The highest BCUT2D eigenvalue weighted by Crippen LogP contribution is 2.29. The summed E-state index contributed by atoms with van der Waals surface area (Å²) in [6, 6.07) is 7.38. The van der Waals surface area contributed by atoms with Gasteiger partial charge in [0.2, 0.25) is 0 Å². The zero-order valence-electron chi connectivity index (χ0n) is 18.3. The van der Waals surface area contributed by atoms with Crippen molar-refractivity contribution in [3.8, 4) is 5.75 Å². The lowest BCUT2D eigenvalue weighted by Crippen LogP contribution is -2.61. The van der Waals surface area contributed by atoms with Crippen molar-refractivity contribution in [3.63, 3.8) is 0 Å². The number of hydrogen-bond donors (Lipinski definition) is 3. The Bertz CT molecular complexity index is 644. The molecule has 164 valence electrons. The topological polar surface area (TPSA) is 86.0 Å². The Balaban J connectivity index is 1.47. The average molecular weight is 407 g/mol. The normalized spacial score (nSPS) is 27.4. The lowest BCUT2D eigenvalue weighted by atomic mass is 9.96. The molecule has 0 bridgehead atoms. The number of aliphatic hydroxyl groups excluding tert-OH is 1. The Kier molecular flexibility index (Phi) is 7.57. The Labute approximate surface area is 175 Å². The van der Waals surface area contributed by atoms with Crippen molar-refractivity contribution in [2.75, 3.05) is 19.8 Å². The molecule has 6 heteroatoms. The van der Waals surface area contributed by atoms with Crippen LogP contribution in [0, 0.1) is 11.3 Å². The van der Waals surface area contributed by atoms with Gasteiger partial charge >= 0.3 is 0 Å². The first-order chi connectivity index (χ1) is 13.7. The van der Waals surface area contributed by atoms with E-state index < -0.39 is 12.1 Å². The first kappa shape index (κ1) is 22.5. The molecule has 4 N–H and O–H groups in total. The van der Waals surface area contributed by atoms with E-state index in [2.05, 4.69) is 26.1 Å². The lowest BCUT2D eigenvalue weighted by Gasteiger charge is -2.39. The van der Waals surface area contributed by atoms with Crippen LogP contribution >= 0.6 is 0 Å². The quantitative estimate of drug-likeness (QED) is 0.584. The molecule has 1 saturated carbocycles. The van der Waals surface area contributed by atoms with Crippen LogP contribution in [-0.4, -0.2) is 55.4 Å². The maximum atomic E-state index is 10.8. The molecule has 1 heterocycles. The molecule has 3 rings (SSSR count). The molecule has 0 radical (unpaired) electrons. The number of nitrogens with one attached hydrogen (secondary N) is 1. The van der Waals surface area contributed by atoms with Crippen LogP contribution in [0.4, 0.5) is 0 Å². The smallest absolute Gasteiger partial charge is 0.172 e. The first-order valence-electron chi connectivity index (χ1n) is 10.9. The summed E-state index contributed by atoms with van der Waals surface area (Å²) in [4.78, 5) is 0. The van der Waals surface area contributed by atoms with Gasteiger partial charge in [0.15, 0.2) is 6.29 Å². The molecule has 2 aliphatic rings. The molecule has 1 aliphatic carbocycles. The predicted octanol–water partition coefficient (Wildman–Crippen LogP) is 2.47. The van der Waals surface area contributed by atoms with Gasteiger partial charge in [0.25, 0.3) is 0 Å². The van der Waals surface area contributed by atoms with Crippen LogP contribution in [0.15, 0.2) is 24.3 Å². The molecule has 1 aliphatic heterocycles. The van der Waals surface area contributed by atoms with E-state index in [4.69, 9.17) is 19.9 Å². The van der Waals surface area contributed by atoms with Gasteiger partial charge in [-0.1, -0.05) is 32.9 Å². The van der Waals surface area contributed by atoms with Gasteiger partial charge in [-0.3, -0.25) is 0 Å². The summed E-state index contributed by atoms with van der Waals surface area (Å²) in [7, 11) is 0. The molecular weight excluding hydrogens is 368 g/mol. The number of nitrogens with two attached hydrogens (primary N) is 1. The molecule has 2 fully saturated rings. The van der Waals surface area contributed by atoms with E-state index in [9.17, 15) is 5.11 Å². The number of ether oxygens (including phenoxy) is 3. The minimum Gasteiger partial charge on any atom is -0.493 e. The van der Waals surface area contributed by atoms with Gasteiger partial charge < -0.3 is 30.4 Å². The van der Waals surface area contributed by atoms with E-state index in [0.29, 0.717) is 19.6 Å². The number of hydrogen-bond acceptors (Lipinski definition) is 6. The summed E-state index contributed by atoms with van der Waals surface area (Å²) < 4.78 is 17.6. The van der Waals surface area contributed by atoms with Crippen molar-refractivity contribution >= 4 is 0 Å². The second-order valence-corrected chi connectivity index (χ2v) is 9.90. The largest absolute Gasteiger partial charge is 0.493 e. The SMILES string of the molecule is C[C@@H]1N[C@@H]([C@@H](O)[C@@H](N)Cc2cccc(OCC3CC3)c2)CO[C@H]1OCC(C)(C)C. The fraction of sp³-hybridized carbons (Fsp3) is 0.739. The fourth-order valence-corrected chi connectivity index (χ4v) is 3.48. The van der Waals surface area contributed by atoms with Crippen LogP contribution < -0.4 is 15.8 Å². The summed E-state index contributed by atoms with van der Waals surface area (Å²) in [6.45, 7) is 10.2. The van der Waals surface area contributed by atoms with Gasteiger partial charge in [-0.05, 0) is 55.2 Å². The third kappa shape index (κ3) is 7.23. The first-order valence-corrected chi connectivity index (χ1v) is 10.9. The van der Waals surface area contributed by atoms with Gasteiger partial charge in [-0.2, -0.15) is 0 Å². The summed E-state index contributed by atoms with van der Waals surface area (Å²) in [6.07, 6.45) is 2.10. The maximum absolute atomic E-state index is 10.8. The molecule has 0 amide bonds. The van der Waals surface area contributed by atoms with Crippen LogP contribution in [0.1, 0.15) is 46.1 Å². The Morgan fingerprint density at radius 2 is 2.07 bits per heavy atom. The van der Waals surface area contributed by atoms with E-state index in [0.717, 1.165) is 23.8 Å².